The van der Waals surface area contributed by atoms with Gasteiger partial charge in [-0.2, -0.15) is 0 Å². The number of likely N-dealkylation sites (tertiary alicyclic amines) is 1. The number of nitrogens with zero attached hydrogens (tertiary/aromatic N) is 2. The maximum Gasteiger partial charge on any atom is 0.326 e. The summed E-state index contributed by atoms with van der Waals surface area (Å²) >= 11 is 1.37. The summed E-state index contributed by atoms with van der Waals surface area (Å²) in [4.78, 5) is 29.4. The zero-order chi connectivity index (χ0) is 15.4. The second kappa shape index (κ2) is 6.89. The number of aromatic nitrogens is 1. The molecule has 2 rings (SSSR count). The Labute approximate surface area is 128 Å². The molecule has 1 unspecified atom stereocenters. The predicted octanol–water partition coefficient (Wildman–Crippen LogP) is 3.13. The summed E-state index contributed by atoms with van der Waals surface area (Å²) in [5, 5.41) is 14.5. The quantitative estimate of drug-likeness (QED) is 0.898. The zero-order valence-electron chi connectivity index (χ0n) is 12.3. The molecule has 1 aromatic rings. The summed E-state index contributed by atoms with van der Waals surface area (Å²) in [5.41, 5.74) is 0.931. The lowest BCUT2D eigenvalue weighted by Gasteiger charge is -2.26. The number of urea groups is 1. The van der Waals surface area contributed by atoms with Crippen molar-refractivity contribution in [2.75, 3.05) is 11.9 Å². The van der Waals surface area contributed by atoms with Gasteiger partial charge in [0.2, 0.25) is 0 Å². The van der Waals surface area contributed by atoms with Gasteiger partial charge in [0.1, 0.15) is 6.04 Å². The van der Waals surface area contributed by atoms with Gasteiger partial charge in [0.15, 0.2) is 5.13 Å². The third kappa shape index (κ3) is 3.93. The van der Waals surface area contributed by atoms with Crippen molar-refractivity contribution in [1.82, 2.24) is 9.88 Å². The van der Waals surface area contributed by atoms with Gasteiger partial charge in [0.25, 0.3) is 0 Å². The summed E-state index contributed by atoms with van der Waals surface area (Å²) in [6, 6.07) is -1.11. The van der Waals surface area contributed by atoms with E-state index in [1.54, 1.807) is 0 Å². The van der Waals surface area contributed by atoms with E-state index in [-0.39, 0.29) is 6.03 Å². The number of carboxylic acids is 1. The summed E-state index contributed by atoms with van der Waals surface area (Å²) in [6.45, 7) is 4.55. The van der Waals surface area contributed by atoms with Gasteiger partial charge in [-0.3, -0.25) is 5.32 Å². The Morgan fingerprint density at radius 3 is 2.81 bits per heavy atom. The zero-order valence-corrected chi connectivity index (χ0v) is 13.2. The summed E-state index contributed by atoms with van der Waals surface area (Å²) in [6.07, 6.45) is 3.15. The summed E-state index contributed by atoms with van der Waals surface area (Å²) in [5.74, 6) is -0.633. The first-order valence-electron chi connectivity index (χ1n) is 7.25. The van der Waals surface area contributed by atoms with Gasteiger partial charge in [0.05, 0.1) is 5.69 Å². The molecular formula is C14H21N3O3S. The second-order valence-electron chi connectivity index (χ2n) is 5.56. The molecule has 1 atom stereocenters. The molecule has 0 aromatic carbocycles. The van der Waals surface area contributed by atoms with Crippen LogP contribution in [0.3, 0.4) is 0 Å². The molecule has 1 aliphatic rings. The molecule has 1 fully saturated rings. The van der Waals surface area contributed by atoms with Gasteiger partial charge < -0.3 is 10.0 Å². The van der Waals surface area contributed by atoms with Crippen molar-refractivity contribution in [2.45, 2.75) is 51.5 Å². The topological polar surface area (TPSA) is 82.5 Å². The second-order valence-corrected chi connectivity index (χ2v) is 6.42. The number of carbonyl (C=O) groups is 2. The van der Waals surface area contributed by atoms with Crippen molar-refractivity contribution in [3.8, 4) is 0 Å². The minimum Gasteiger partial charge on any atom is -0.480 e. The fraction of sp³-hybridized carbons (Fsp3) is 0.643. The molecule has 0 saturated carbocycles. The summed E-state index contributed by atoms with van der Waals surface area (Å²) < 4.78 is 0. The lowest BCUT2D eigenvalue weighted by molar-refractivity contribution is -0.142. The summed E-state index contributed by atoms with van der Waals surface area (Å²) in [7, 11) is 0. The van der Waals surface area contributed by atoms with E-state index in [1.807, 2.05) is 19.2 Å². The van der Waals surface area contributed by atoms with Crippen molar-refractivity contribution >= 4 is 28.5 Å². The standard InChI is InChI=1S/C14H21N3O3S/c1-9(2)10-8-21-13(15-10)16-14(20)17-7-5-3-4-6-11(17)12(18)19/h8-9,11H,3-7H2,1-2H3,(H,18,19)(H,15,16,20). The predicted molar refractivity (Wildman–Crippen MR) is 81.8 cm³/mol. The Hall–Kier alpha value is -1.63. The molecule has 0 aliphatic carbocycles. The van der Waals surface area contributed by atoms with Crippen LogP contribution in [0.5, 0.6) is 0 Å². The molecule has 21 heavy (non-hydrogen) atoms. The first-order chi connectivity index (χ1) is 9.99. The highest BCUT2D eigenvalue weighted by atomic mass is 32.1. The van der Waals surface area contributed by atoms with Gasteiger partial charge in [0, 0.05) is 11.9 Å². The molecule has 116 valence electrons. The molecular weight excluding hydrogens is 290 g/mol. The maximum atomic E-state index is 12.3. The van der Waals surface area contributed by atoms with Crippen LogP contribution in [0.4, 0.5) is 9.93 Å². The minimum atomic E-state index is -0.936. The molecule has 1 aromatic heterocycles. The highest BCUT2D eigenvalue weighted by molar-refractivity contribution is 7.13. The number of anilines is 1. The third-order valence-corrected chi connectivity index (χ3v) is 4.40. The molecule has 0 spiro atoms. The number of thiazole rings is 1. The number of carbonyl (C=O) groups excluding carboxylic acids is 1. The van der Waals surface area contributed by atoms with E-state index in [0.29, 0.717) is 24.0 Å². The number of nitrogens with one attached hydrogen (secondary N) is 1. The number of rotatable bonds is 3. The third-order valence-electron chi connectivity index (χ3n) is 3.63. The average Bonchev–Trinajstić information content (AvgIpc) is 2.74. The highest BCUT2D eigenvalue weighted by Gasteiger charge is 2.31. The first-order valence-corrected chi connectivity index (χ1v) is 8.13. The van der Waals surface area contributed by atoms with E-state index in [4.69, 9.17) is 0 Å². The number of aliphatic carboxylic acids is 1. The molecule has 1 aliphatic heterocycles. The Balaban J connectivity index is 2.07. The molecule has 1 saturated heterocycles. The number of hydrogen-bond donors (Lipinski definition) is 2. The fourth-order valence-corrected chi connectivity index (χ4v) is 3.24. The highest BCUT2D eigenvalue weighted by Crippen LogP contribution is 2.23. The van der Waals surface area contributed by atoms with E-state index >= 15 is 0 Å². The molecule has 7 heteroatoms. The molecule has 0 bridgehead atoms. The largest absolute Gasteiger partial charge is 0.480 e. The van der Waals surface area contributed by atoms with Crippen molar-refractivity contribution in [3.63, 3.8) is 0 Å². The van der Waals surface area contributed by atoms with Crippen LogP contribution in [0, 0.1) is 0 Å². The van der Waals surface area contributed by atoms with E-state index in [2.05, 4.69) is 10.3 Å². The molecule has 6 nitrogen and oxygen atoms in total. The van der Waals surface area contributed by atoms with Gasteiger partial charge in [-0.1, -0.05) is 26.7 Å². The van der Waals surface area contributed by atoms with Crippen LogP contribution in [-0.4, -0.2) is 39.6 Å². The van der Waals surface area contributed by atoms with Crippen molar-refractivity contribution in [1.29, 1.82) is 0 Å². The Morgan fingerprint density at radius 1 is 1.43 bits per heavy atom. The number of hydrogen-bond acceptors (Lipinski definition) is 4. The Kier molecular flexibility index (Phi) is 5.17. The van der Waals surface area contributed by atoms with E-state index in [9.17, 15) is 14.7 Å². The van der Waals surface area contributed by atoms with E-state index < -0.39 is 12.0 Å². The maximum absolute atomic E-state index is 12.3. The van der Waals surface area contributed by atoms with Crippen LogP contribution in [0.25, 0.3) is 0 Å². The van der Waals surface area contributed by atoms with Crippen LogP contribution in [0.2, 0.25) is 0 Å². The minimum absolute atomic E-state index is 0.303. The van der Waals surface area contributed by atoms with Crippen LogP contribution in [-0.2, 0) is 4.79 Å². The van der Waals surface area contributed by atoms with Crippen LogP contribution >= 0.6 is 11.3 Å². The van der Waals surface area contributed by atoms with E-state index in [0.717, 1.165) is 25.0 Å². The van der Waals surface area contributed by atoms with Crippen molar-refractivity contribution in [3.05, 3.63) is 11.1 Å². The number of amides is 2. The lowest BCUT2D eigenvalue weighted by Crippen LogP contribution is -2.46. The van der Waals surface area contributed by atoms with Gasteiger partial charge >= 0.3 is 12.0 Å². The van der Waals surface area contributed by atoms with Gasteiger partial charge in [-0.15, -0.1) is 11.3 Å². The SMILES string of the molecule is CC(C)c1csc(NC(=O)N2CCCCCC2C(=O)O)n1. The van der Waals surface area contributed by atoms with Crippen LogP contribution in [0.1, 0.15) is 51.1 Å². The van der Waals surface area contributed by atoms with E-state index in [1.165, 1.54) is 16.2 Å². The van der Waals surface area contributed by atoms with Crippen molar-refractivity contribution in [2.24, 2.45) is 0 Å². The monoisotopic (exact) mass is 311 g/mol. The lowest BCUT2D eigenvalue weighted by atomic mass is 10.1. The normalized spacial score (nSPS) is 19.4. The molecule has 0 radical (unpaired) electrons. The molecule has 2 heterocycles. The van der Waals surface area contributed by atoms with Gasteiger partial charge in [-0.05, 0) is 18.8 Å². The van der Waals surface area contributed by atoms with Gasteiger partial charge in [-0.25, -0.2) is 14.6 Å². The molecule has 2 amide bonds. The van der Waals surface area contributed by atoms with Crippen LogP contribution < -0.4 is 5.32 Å². The van der Waals surface area contributed by atoms with Crippen molar-refractivity contribution < 1.29 is 14.7 Å². The fourth-order valence-electron chi connectivity index (χ4n) is 2.38. The Morgan fingerprint density at radius 2 is 2.19 bits per heavy atom. The Bertz CT molecular complexity index is 515. The molecule has 2 N–H and O–H groups in total. The number of carboxylic acid groups (broad SMARTS) is 1. The van der Waals surface area contributed by atoms with Crippen LogP contribution in [0.15, 0.2) is 5.38 Å². The first kappa shape index (κ1) is 15.8. The smallest absolute Gasteiger partial charge is 0.326 e. The average molecular weight is 311 g/mol.